The van der Waals surface area contributed by atoms with Crippen molar-refractivity contribution >= 4 is 66.7 Å². The van der Waals surface area contributed by atoms with Crippen molar-refractivity contribution in [2.75, 3.05) is 6.54 Å². The van der Waals surface area contributed by atoms with Gasteiger partial charge in [0.1, 0.15) is 0 Å². The Morgan fingerprint density at radius 3 is 2.07 bits per heavy atom. The van der Waals surface area contributed by atoms with Gasteiger partial charge in [0, 0.05) is 13.0 Å². The van der Waals surface area contributed by atoms with Crippen LogP contribution in [0.15, 0.2) is 54.6 Å². The maximum absolute atomic E-state index is 12.1. The van der Waals surface area contributed by atoms with Crippen molar-refractivity contribution in [3.63, 3.8) is 0 Å². The minimum atomic E-state index is -2.53. The van der Waals surface area contributed by atoms with E-state index < -0.39 is 6.00 Å². The molecular formula is C22H24Cl3NOSi. The van der Waals surface area contributed by atoms with Crippen molar-refractivity contribution in [2.24, 2.45) is 0 Å². The van der Waals surface area contributed by atoms with Gasteiger partial charge in [-0.15, -0.1) is 33.2 Å². The number of carbonyl (C=O) groups is 1. The van der Waals surface area contributed by atoms with E-state index in [1.807, 2.05) is 0 Å². The van der Waals surface area contributed by atoms with Crippen LogP contribution in [0.4, 0.5) is 0 Å². The fourth-order valence-electron chi connectivity index (χ4n) is 3.57. The normalized spacial score (nSPS) is 11.8. The lowest BCUT2D eigenvalue weighted by Gasteiger charge is -2.12. The second-order valence-electron chi connectivity index (χ2n) is 7.07. The lowest BCUT2D eigenvalue weighted by molar-refractivity contribution is -0.121. The van der Waals surface area contributed by atoms with Gasteiger partial charge in [-0.3, -0.25) is 4.79 Å². The molecule has 0 aliphatic carbocycles. The van der Waals surface area contributed by atoms with E-state index in [4.69, 9.17) is 33.2 Å². The quantitative estimate of drug-likeness (QED) is 0.163. The van der Waals surface area contributed by atoms with E-state index in [0.29, 0.717) is 19.0 Å². The number of hydrogen-bond acceptors (Lipinski definition) is 1. The Morgan fingerprint density at radius 1 is 0.857 bits per heavy atom. The number of aryl methyl sites for hydroxylation is 1. The van der Waals surface area contributed by atoms with Gasteiger partial charge in [-0.2, -0.15) is 0 Å². The van der Waals surface area contributed by atoms with Gasteiger partial charge < -0.3 is 5.32 Å². The molecule has 148 valence electrons. The minimum Gasteiger partial charge on any atom is -0.356 e. The molecule has 1 amide bonds. The molecule has 0 aromatic heterocycles. The summed E-state index contributed by atoms with van der Waals surface area (Å²) in [5.41, 5.74) is 1.33. The summed E-state index contributed by atoms with van der Waals surface area (Å²) in [6.07, 6.45) is 3.92. The first-order valence-electron chi connectivity index (χ1n) is 9.67. The molecular weight excluding hydrogens is 429 g/mol. The Bertz CT molecular complexity index is 901. The van der Waals surface area contributed by atoms with Crippen molar-refractivity contribution < 1.29 is 4.79 Å². The molecule has 6 heteroatoms. The Morgan fingerprint density at radius 2 is 1.46 bits per heavy atom. The molecule has 0 atom stereocenters. The van der Waals surface area contributed by atoms with Crippen LogP contribution in [0.1, 0.15) is 31.2 Å². The summed E-state index contributed by atoms with van der Waals surface area (Å²) in [4.78, 5) is 12.1. The highest BCUT2D eigenvalue weighted by atomic mass is 35.8. The second-order valence-corrected chi connectivity index (χ2v) is 16.4. The van der Waals surface area contributed by atoms with E-state index in [2.05, 4.69) is 59.9 Å². The van der Waals surface area contributed by atoms with Crippen LogP contribution < -0.4 is 5.32 Å². The maximum Gasteiger partial charge on any atom is 0.341 e. The molecule has 0 radical (unpaired) electrons. The van der Waals surface area contributed by atoms with Gasteiger partial charge in [0.25, 0.3) is 0 Å². The SMILES string of the molecule is O=C(CCCc1c2ccccc2cc2ccccc12)NCCCC[Si](Cl)(Cl)Cl. The first-order valence-corrected chi connectivity index (χ1v) is 14.9. The highest BCUT2D eigenvalue weighted by molar-refractivity contribution is 7.64. The van der Waals surface area contributed by atoms with Gasteiger partial charge in [0.05, 0.1) is 0 Å². The summed E-state index contributed by atoms with van der Waals surface area (Å²) >= 11 is 17.6. The molecule has 0 bridgehead atoms. The van der Waals surface area contributed by atoms with Crippen LogP contribution in [-0.2, 0) is 11.2 Å². The number of hydrogen-bond donors (Lipinski definition) is 1. The van der Waals surface area contributed by atoms with Crippen molar-refractivity contribution in [2.45, 2.75) is 38.1 Å². The van der Waals surface area contributed by atoms with Crippen LogP contribution in [0.3, 0.4) is 0 Å². The van der Waals surface area contributed by atoms with Gasteiger partial charge in [0.2, 0.25) is 5.91 Å². The lowest BCUT2D eigenvalue weighted by Crippen LogP contribution is -2.24. The van der Waals surface area contributed by atoms with Crippen LogP contribution >= 0.6 is 33.2 Å². The van der Waals surface area contributed by atoms with Crippen LogP contribution in [0, 0.1) is 0 Å². The largest absolute Gasteiger partial charge is 0.356 e. The number of nitrogens with one attached hydrogen (secondary N) is 1. The van der Waals surface area contributed by atoms with Crippen molar-refractivity contribution in [1.82, 2.24) is 5.32 Å². The number of fused-ring (bicyclic) bond motifs is 2. The minimum absolute atomic E-state index is 0.0932. The average molecular weight is 453 g/mol. The number of rotatable bonds is 9. The number of carbonyl (C=O) groups excluding carboxylic acids is 1. The smallest absolute Gasteiger partial charge is 0.341 e. The van der Waals surface area contributed by atoms with Gasteiger partial charge in [0.15, 0.2) is 0 Å². The molecule has 0 unspecified atom stereocenters. The zero-order chi connectivity index (χ0) is 20.0. The third-order valence-electron chi connectivity index (χ3n) is 4.92. The summed E-state index contributed by atoms with van der Waals surface area (Å²) in [5, 5.41) is 8.02. The van der Waals surface area contributed by atoms with Crippen molar-refractivity contribution in [1.29, 1.82) is 0 Å². The number of halogens is 3. The summed E-state index contributed by atoms with van der Waals surface area (Å²) in [5.74, 6) is 0.0932. The molecule has 0 aliphatic rings. The Hall–Kier alpha value is -1.26. The molecule has 0 heterocycles. The second kappa shape index (κ2) is 9.97. The summed E-state index contributed by atoms with van der Waals surface area (Å²) in [6, 6.07) is 17.3. The third-order valence-corrected chi connectivity index (χ3v) is 7.54. The van der Waals surface area contributed by atoms with Crippen LogP contribution in [0.5, 0.6) is 0 Å². The molecule has 0 saturated heterocycles. The molecule has 1 N–H and O–H groups in total. The van der Waals surface area contributed by atoms with Gasteiger partial charge in [-0.05, 0) is 58.5 Å². The zero-order valence-corrected chi connectivity index (χ0v) is 19.0. The third kappa shape index (κ3) is 6.12. The topological polar surface area (TPSA) is 29.1 Å². The Labute approximate surface area is 181 Å². The van der Waals surface area contributed by atoms with Gasteiger partial charge in [-0.1, -0.05) is 55.0 Å². The fraction of sp³-hybridized carbons (Fsp3) is 0.318. The highest BCUT2D eigenvalue weighted by Gasteiger charge is 2.23. The fourth-order valence-corrected chi connectivity index (χ4v) is 5.42. The predicted octanol–water partition coefficient (Wildman–Crippen LogP) is 6.87. The van der Waals surface area contributed by atoms with Crippen LogP contribution in [-0.4, -0.2) is 18.5 Å². The van der Waals surface area contributed by atoms with E-state index in [1.165, 1.54) is 27.1 Å². The van der Waals surface area contributed by atoms with E-state index in [9.17, 15) is 4.79 Å². The molecule has 0 spiro atoms. The molecule has 0 fully saturated rings. The van der Waals surface area contributed by atoms with Gasteiger partial charge in [-0.25, -0.2) is 0 Å². The number of benzene rings is 3. The molecule has 3 rings (SSSR count). The first-order chi connectivity index (χ1) is 13.4. The van der Waals surface area contributed by atoms with E-state index >= 15 is 0 Å². The van der Waals surface area contributed by atoms with E-state index in [-0.39, 0.29) is 5.91 Å². The monoisotopic (exact) mass is 451 g/mol. The molecule has 0 aliphatic heterocycles. The van der Waals surface area contributed by atoms with Gasteiger partial charge >= 0.3 is 6.00 Å². The predicted molar refractivity (Wildman–Crippen MR) is 125 cm³/mol. The van der Waals surface area contributed by atoms with Crippen molar-refractivity contribution in [3.05, 3.63) is 60.2 Å². The van der Waals surface area contributed by atoms with Crippen LogP contribution in [0.25, 0.3) is 21.5 Å². The molecule has 0 saturated carbocycles. The first kappa shape index (κ1) is 21.4. The van der Waals surface area contributed by atoms with E-state index in [0.717, 1.165) is 25.7 Å². The van der Waals surface area contributed by atoms with E-state index in [1.54, 1.807) is 0 Å². The zero-order valence-electron chi connectivity index (χ0n) is 15.7. The summed E-state index contributed by atoms with van der Waals surface area (Å²) in [6.45, 7) is 0.644. The number of amides is 1. The van der Waals surface area contributed by atoms with Crippen LogP contribution in [0.2, 0.25) is 6.04 Å². The van der Waals surface area contributed by atoms with Crippen molar-refractivity contribution in [3.8, 4) is 0 Å². The molecule has 3 aromatic carbocycles. The molecule has 3 aromatic rings. The maximum atomic E-state index is 12.1. The average Bonchev–Trinajstić information content (AvgIpc) is 2.66. The lowest BCUT2D eigenvalue weighted by atomic mass is 9.93. The molecule has 2 nitrogen and oxygen atoms in total. The summed E-state index contributed by atoms with van der Waals surface area (Å²) in [7, 11) is 0. The number of unbranched alkanes of at least 4 members (excludes halogenated alkanes) is 1. The highest BCUT2D eigenvalue weighted by Crippen LogP contribution is 2.29. The standard InChI is InChI=1S/C22H24Cl3NOSi/c23-28(24,25)15-6-5-14-26-22(27)13-7-12-21-19-10-3-1-8-17(19)16-18-9-2-4-11-20(18)21/h1-4,8-11,16H,5-7,12-15H2,(H,26,27). The Balaban J connectivity index is 1.56. The Kier molecular flexibility index (Phi) is 7.64. The summed E-state index contributed by atoms with van der Waals surface area (Å²) < 4.78 is 0. The molecule has 28 heavy (non-hydrogen) atoms.